The third-order valence-electron chi connectivity index (χ3n) is 5.31. The molecule has 168 valence electrons. The number of hydrogen-bond donors (Lipinski definition) is 1. The highest BCUT2D eigenvalue weighted by Gasteiger charge is 2.29. The second-order valence-corrected chi connectivity index (χ2v) is 8.56. The number of amides is 2. The Kier molecular flexibility index (Phi) is 7.84. The molecule has 0 aliphatic carbocycles. The lowest BCUT2D eigenvalue weighted by Crippen LogP contribution is -2.49. The van der Waals surface area contributed by atoms with Crippen LogP contribution in [0.1, 0.15) is 49.0 Å². The molecule has 0 unspecified atom stereocenters. The van der Waals surface area contributed by atoms with Gasteiger partial charge in [0.15, 0.2) is 13.2 Å². The van der Waals surface area contributed by atoms with Gasteiger partial charge in [-0.1, -0.05) is 0 Å². The quantitative estimate of drug-likeness (QED) is 0.639. The SMILES string of the molecule is C[C@H]1CCC[C@H](C)N1C(=O)COc1ccc(C(=O)OCC(=O)Nc2sccc2C#N)cc1. The lowest BCUT2D eigenvalue weighted by molar-refractivity contribution is -0.139. The summed E-state index contributed by atoms with van der Waals surface area (Å²) in [6.07, 6.45) is 3.12. The molecule has 1 N–H and O–H groups in total. The summed E-state index contributed by atoms with van der Waals surface area (Å²) in [5, 5.41) is 13.6. The summed E-state index contributed by atoms with van der Waals surface area (Å²) < 4.78 is 10.6. The topological polar surface area (TPSA) is 109 Å². The molecule has 2 aromatic rings. The number of hydrogen-bond acceptors (Lipinski definition) is 7. The van der Waals surface area contributed by atoms with Crippen molar-refractivity contribution < 1.29 is 23.9 Å². The van der Waals surface area contributed by atoms with Gasteiger partial charge >= 0.3 is 5.97 Å². The maximum Gasteiger partial charge on any atom is 0.338 e. The van der Waals surface area contributed by atoms with Gasteiger partial charge in [-0.25, -0.2) is 4.79 Å². The first kappa shape index (κ1) is 23.3. The maximum atomic E-state index is 12.5. The highest BCUT2D eigenvalue weighted by Crippen LogP contribution is 2.23. The standard InChI is InChI=1S/C23H25N3O5S/c1-15-4-3-5-16(2)26(15)21(28)14-30-19-8-6-17(7-9-19)23(29)31-13-20(27)25-22-18(12-24)10-11-32-22/h6-11,15-16H,3-5,13-14H2,1-2H3,(H,25,27)/t15-,16-/m0/s1. The molecule has 32 heavy (non-hydrogen) atoms. The van der Waals surface area contributed by atoms with Crippen LogP contribution in [0, 0.1) is 11.3 Å². The van der Waals surface area contributed by atoms with Gasteiger partial charge in [-0.2, -0.15) is 5.26 Å². The van der Waals surface area contributed by atoms with E-state index in [-0.39, 0.29) is 30.2 Å². The number of thiophene rings is 1. The average molecular weight is 456 g/mol. The molecule has 2 atom stereocenters. The second-order valence-electron chi connectivity index (χ2n) is 7.64. The smallest absolute Gasteiger partial charge is 0.338 e. The van der Waals surface area contributed by atoms with E-state index < -0.39 is 18.5 Å². The summed E-state index contributed by atoms with van der Waals surface area (Å²) in [5.41, 5.74) is 0.608. The number of rotatable bonds is 7. The molecule has 0 radical (unpaired) electrons. The van der Waals surface area contributed by atoms with E-state index in [2.05, 4.69) is 19.2 Å². The van der Waals surface area contributed by atoms with Crippen LogP contribution in [-0.2, 0) is 14.3 Å². The molecule has 0 bridgehead atoms. The number of ether oxygens (including phenoxy) is 2. The molecule has 0 saturated carbocycles. The average Bonchev–Trinajstić information content (AvgIpc) is 3.23. The van der Waals surface area contributed by atoms with Gasteiger partial charge in [-0.05, 0) is 68.8 Å². The zero-order valence-electron chi connectivity index (χ0n) is 18.0. The fourth-order valence-electron chi connectivity index (χ4n) is 3.69. The number of benzene rings is 1. The van der Waals surface area contributed by atoms with E-state index in [0.29, 0.717) is 16.3 Å². The van der Waals surface area contributed by atoms with E-state index in [4.69, 9.17) is 14.7 Å². The van der Waals surface area contributed by atoms with E-state index in [0.717, 1.165) is 19.3 Å². The minimum Gasteiger partial charge on any atom is -0.484 e. The molecule has 0 spiro atoms. The highest BCUT2D eigenvalue weighted by atomic mass is 32.1. The fourth-order valence-corrected chi connectivity index (χ4v) is 4.44. The lowest BCUT2D eigenvalue weighted by Gasteiger charge is -2.38. The van der Waals surface area contributed by atoms with Gasteiger partial charge in [0.1, 0.15) is 16.8 Å². The van der Waals surface area contributed by atoms with Crippen molar-refractivity contribution in [2.75, 3.05) is 18.5 Å². The molecule has 1 saturated heterocycles. The number of nitriles is 1. The summed E-state index contributed by atoms with van der Waals surface area (Å²) in [4.78, 5) is 38.6. The van der Waals surface area contributed by atoms with Crippen LogP contribution in [0.4, 0.5) is 5.00 Å². The predicted molar refractivity (Wildman–Crippen MR) is 120 cm³/mol. The highest BCUT2D eigenvalue weighted by molar-refractivity contribution is 7.14. The Bertz CT molecular complexity index is 1000. The van der Waals surface area contributed by atoms with Crippen molar-refractivity contribution in [1.29, 1.82) is 5.26 Å². The number of likely N-dealkylation sites (tertiary alicyclic amines) is 1. The van der Waals surface area contributed by atoms with E-state index >= 15 is 0 Å². The Labute approximate surface area is 190 Å². The first-order chi connectivity index (χ1) is 15.4. The van der Waals surface area contributed by atoms with Crippen molar-refractivity contribution >= 4 is 34.1 Å². The zero-order valence-corrected chi connectivity index (χ0v) is 18.8. The van der Waals surface area contributed by atoms with Gasteiger partial charge in [-0.15, -0.1) is 11.3 Å². The first-order valence-electron chi connectivity index (χ1n) is 10.4. The van der Waals surface area contributed by atoms with Crippen LogP contribution in [0.15, 0.2) is 35.7 Å². The van der Waals surface area contributed by atoms with Gasteiger partial charge in [0.2, 0.25) is 0 Å². The maximum absolute atomic E-state index is 12.5. The molecular weight excluding hydrogens is 430 g/mol. The van der Waals surface area contributed by atoms with Gasteiger partial charge in [0.25, 0.3) is 11.8 Å². The molecule has 8 nitrogen and oxygen atoms in total. The second kappa shape index (κ2) is 10.8. The Morgan fingerprint density at radius 2 is 1.81 bits per heavy atom. The summed E-state index contributed by atoms with van der Waals surface area (Å²) in [7, 11) is 0. The van der Waals surface area contributed by atoms with E-state index in [1.165, 1.54) is 23.5 Å². The molecule has 1 fully saturated rings. The molecule has 2 heterocycles. The molecule has 1 aromatic carbocycles. The summed E-state index contributed by atoms with van der Waals surface area (Å²) in [6, 6.07) is 10.2. The molecular formula is C23H25N3O5S. The normalized spacial score (nSPS) is 17.8. The Morgan fingerprint density at radius 3 is 2.47 bits per heavy atom. The molecule has 3 rings (SSSR count). The largest absolute Gasteiger partial charge is 0.484 e. The van der Waals surface area contributed by atoms with E-state index in [9.17, 15) is 14.4 Å². The number of esters is 1. The van der Waals surface area contributed by atoms with Crippen LogP contribution in [0.5, 0.6) is 5.75 Å². The van der Waals surface area contributed by atoms with Crippen LogP contribution in [0.25, 0.3) is 0 Å². The third kappa shape index (κ3) is 5.86. The van der Waals surface area contributed by atoms with Gasteiger partial charge in [0, 0.05) is 12.1 Å². The van der Waals surface area contributed by atoms with Crippen molar-refractivity contribution in [3.63, 3.8) is 0 Å². The predicted octanol–water partition coefficient (Wildman–Crippen LogP) is 3.58. The van der Waals surface area contributed by atoms with Crippen LogP contribution in [0.2, 0.25) is 0 Å². The molecule has 2 amide bonds. The van der Waals surface area contributed by atoms with Crippen molar-refractivity contribution in [3.8, 4) is 11.8 Å². The van der Waals surface area contributed by atoms with Crippen molar-refractivity contribution in [2.24, 2.45) is 0 Å². The Morgan fingerprint density at radius 1 is 1.12 bits per heavy atom. The van der Waals surface area contributed by atoms with Gasteiger partial charge in [-0.3, -0.25) is 9.59 Å². The lowest BCUT2D eigenvalue weighted by atomic mass is 9.97. The number of carbonyl (C=O) groups is 3. The van der Waals surface area contributed by atoms with Crippen molar-refractivity contribution in [1.82, 2.24) is 4.90 Å². The number of nitrogens with zero attached hydrogens (tertiary/aromatic N) is 2. The molecule has 1 aliphatic rings. The molecule has 9 heteroatoms. The van der Waals surface area contributed by atoms with Crippen molar-refractivity contribution in [3.05, 3.63) is 46.8 Å². The minimum atomic E-state index is -0.662. The number of piperidine rings is 1. The van der Waals surface area contributed by atoms with Gasteiger partial charge < -0.3 is 19.7 Å². The van der Waals surface area contributed by atoms with Crippen LogP contribution < -0.4 is 10.1 Å². The van der Waals surface area contributed by atoms with Crippen LogP contribution >= 0.6 is 11.3 Å². The first-order valence-corrected chi connectivity index (χ1v) is 11.3. The monoisotopic (exact) mass is 455 g/mol. The van der Waals surface area contributed by atoms with E-state index in [1.807, 2.05) is 11.0 Å². The van der Waals surface area contributed by atoms with E-state index in [1.54, 1.807) is 23.6 Å². The number of anilines is 1. The third-order valence-corrected chi connectivity index (χ3v) is 6.14. The van der Waals surface area contributed by atoms with Gasteiger partial charge in [0.05, 0.1) is 11.1 Å². The van der Waals surface area contributed by atoms with Crippen LogP contribution in [-0.4, -0.2) is 48.0 Å². The van der Waals surface area contributed by atoms with Crippen LogP contribution in [0.3, 0.4) is 0 Å². The Balaban J connectivity index is 1.46. The molecule has 1 aliphatic heterocycles. The number of carbonyl (C=O) groups excluding carboxylic acids is 3. The fraction of sp³-hybridized carbons (Fsp3) is 0.391. The molecule has 1 aromatic heterocycles. The summed E-state index contributed by atoms with van der Waals surface area (Å²) in [6.45, 7) is 3.57. The Hall–Kier alpha value is -3.38. The van der Waals surface area contributed by atoms with Crippen molar-refractivity contribution in [2.45, 2.75) is 45.2 Å². The summed E-state index contributed by atoms with van der Waals surface area (Å²) >= 11 is 1.21. The minimum absolute atomic E-state index is 0.0514. The summed E-state index contributed by atoms with van der Waals surface area (Å²) in [5.74, 6) is -0.779. The zero-order chi connectivity index (χ0) is 23.1. The number of nitrogens with one attached hydrogen (secondary N) is 1.